The van der Waals surface area contributed by atoms with Crippen LogP contribution in [0.2, 0.25) is 0 Å². The van der Waals surface area contributed by atoms with Crippen LogP contribution in [0.3, 0.4) is 0 Å². The molecule has 0 aromatic heterocycles. The molecule has 2 unspecified atom stereocenters. The van der Waals surface area contributed by atoms with Gasteiger partial charge in [-0.15, -0.1) is 0 Å². The molecule has 1 saturated heterocycles. The lowest BCUT2D eigenvalue weighted by molar-refractivity contribution is -0.142. The molecule has 1 heterocycles. The predicted octanol–water partition coefficient (Wildman–Crippen LogP) is 0.507. The summed E-state index contributed by atoms with van der Waals surface area (Å²) in [7, 11) is 0. The van der Waals surface area contributed by atoms with E-state index in [0.717, 1.165) is 25.9 Å². The minimum absolute atomic E-state index is 0.175. The molecule has 0 aromatic rings. The molecule has 1 aliphatic rings. The highest BCUT2D eigenvalue weighted by Gasteiger charge is 2.39. The number of hydrogen-bond acceptors (Lipinski definition) is 4. The Balaban J connectivity index is 2.51. The number of rotatable bonds is 9. The Bertz CT molecular complexity index is 338. The van der Waals surface area contributed by atoms with Crippen molar-refractivity contribution in [3.8, 4) is 0 Å². The Labute approximate surface area is 126 Å². The molecule has 0 aromatic carbocycles. The van der Waals surface area contributed by atoms with Crippen LogP contribution in [-0.4, -0.2) is 67.4 Å². The van der Waals surface area contributed by atoms with Crippen molar-refractivity contribution in [2.24, 2.45) is 5.92 Å². The van der Waals surface area contributed by atoms with Crippen molar-refractivity contribution in [2.45, 2.75) is 32.7 Å². The van der Waals surface area contributed by atoms with E-state index in [1.807, 2.05) is 13.8 Å². The van der Waals surface area contributed by atoms with E-state index in [9.17, 15) is 14.7 Å². The zero-order valence-corrected chi connectivity index (χ0v) is 12.9. The zero-order valence-electron chi connectivity index (χ0n) is 12.9. The average Bonchev–Trinajstić information content (AvgIpc) is 2.93. The van der Waals surface area contributed by atoms with Crippen LogP contribution < -0.4 is 10.6 Å². The second kappa shape index (κ2) is 9.57. The lowest BCUT2D eigenvalue weighted by Crippen LogP contribution is -2.51. The number of carbonyl (C=O) groups excluding carboxylic acids is 1. The Morgan fingerprint density at radius 2 is 2.05 bits per heavy atom. The molecule has 1 fully saturated rings. The van der Waals surface area contributed by atoms with E-state index in [1.165, 1.54) is 0 Å². The van der Waals surface area contributed by atoms with Gasteiger partial charge in [0.2, 0.25) is 0 Å². The normalized spacial score (nSPS) is 21.2. The molecule has 7 heteroatoms. The van der Waals surface area contributed by atoms with Crippen LogP contribution in [0.5, 0.6) is 0 Å². The monoisotopic (exact) mass is 301 g/mol. The minimum Gasteiger partial charge on any atom is -0.481 e. The lowest BCUT2D eigenvalue weighted by Gasteiger charge is -2.30. The molecule has 1 aliphatic heterocycles. The Morgan fingerprint density at radius 3 is 2.67 bits per heavy atom. The van der Waals surface area contributed by atoms with Crippen LogP contribution in [0.4, 0.5) is 4.79 Å². The second-order valence-electron chi connectivity index (χ2n) is 5.18. The maximum atomic E-state index is 12.3. The average molecular weight is 301 g/mol. The minimum atomic E-state index is -0.904. The van der Waals surface area contributed by atoms with Gasteiger partial charge in [-0.2, -0.15) is 0 Å². The highest BCUT2D eigenvalue weighted by molar-refractivity contribution is 5.77. The molecule has 0 radical (unpaired) electrons. The molecule has 3 N–H and O–H groups in total. The van der Waals surface area contributed by atoms with Crippen molar-refractivity contribution in [1.29, 1.82) is 0 Å². The molecule has 0 spiro atoms. The molecule has 122 valence electrons. The van der Waals surface area contributed by atoms with E-state index >= 15 is 0 Å². The number of carboxylic acids is 1. The summed E-state index contributed by atoms with van der Waals surface area (Å²) in [6, 6.07) is -0.577. The number of nitrogens with zero attached hydrogens (tertiary/aromatic N) is 1. The number of hydrogen-bond donors (Lipinski definition) is 3. The Hall–Kier alpha value is -1.34. The summed E-state index contributed by atoms with van der Waals surface area (Å²) >= 11 is 0. The number of ether oxygens (including phenoxy) is 1. The lowest BCUT2D eigenvalue weighted by atomic mass is 10.0. The first kappa shape index (κ1) is 17.7. The van der Waals surface area contributed by atoms with Crippen LogP contribution in [0.15, 0.2) is 0 Å². The smallest absolute Gasteiger partial charge is 0.317 e. The fourth-order valence-corrected chi connectivity index (χ4v) is 2.43. The summed E-state index contributed by atoms with van der Waals surface area (Å²) in [4.78, 5) is 25.1. The largest absolute Gasteiger partial charge is 0.481 e. The SMILES string of the molecule is CCCN(C(=O)NCCCNCC)C1COCC1C(=O)O. The predicted molar refractivity (Wildman–Crippen MR) is 79.3 cm³/mol. The van der Waals surface area contributed by atoms with Crippen molar-refractivity contribution >= 4 is 12.0 Å². The summed E-state index contributed by atoms with van der Waals surface area (Å²) in [5.41, 5.74) is 0. The van der Waals surface area contributed by atoms with Crippen molar-refractivity contribution in [2.75, 3.05) is 39.4 Å². The fourth-order valence-electron chi connectivity index (χ4n) is 2.43. The zero-order chi connectivity index (χ0) is 15.7. The number of aliphatic carboxylic acids is 1. The third kappa shape index (κ3) is 5.51. The highest BCUT2D eigenvalue weighted by atomic mass is 16.5. The van der Waals surface area contributed by atoms with Crippen molar-refractivity contribution in [3.05, 3.63) is 0 Å². The molecular weight excluding hydrogens is 274 g/mol. The summed E-state index contributed by atoms with van der Waals surface area (Å²) in [5, 5.41) is 15.3. The molecule has 0 bridgehead atoms. The molecule has 1 rings (SSSR count). The third-order valence-corrected chi connectivity index (χ3v) is 3.55. The first-order valence-electron chi connectivity index (χ1n) is 7.67. The summed E-state index contributed by atoms with van der Waals surface area (Å²) in [6.45, 7) is 7.36. The van der Waals surface area contributed by atoms with E-state index in [1.54, 1.807) is 4.90 Å². The van der Waals surface area contributed by atoms with Crippen LogP contribution in [0.25, 0.3) is 0 Å². The first-order chi connectivity index (χ1) is 10.1. The van der Waals surface area contributed by atoms with Crippen molar-refractivity contribution < 1.29 is 19.4 Å². The van der Waals surface area contributed by atoms with Crippen LogP contribution >= 0.6 is 0 Å². The molecular formula is C14H27N3O4. The van der Waals surface area contributed by atoms with Gasteiger partial charge in [0.05, 0.1) is 19.3 Å². The molecule has 2 atom stereocenters. The quantitative estimate of drug-likeness (QED) is 0.540. The molecule has 0 aliphatic carbocycles. The van der Waals surface area contributed by atoms with Gasteiger partial charge in [-0.1, -0.05) is 13.8 Å². The Kier molecular flexibility index (Phi) is 8.07. The van der Waals surface area contributed by atoms with Gasteiger partial charge in [0.25, 0.3) is 0 Å². The summed E-state index contributed by atoms with van der Waals surface area (Å²) < 4.78 is 5.25. The van der Waals surface area contributed by atoms with E-state index in [-0.39, 0.29) is 18.7 Å². The maximum Gasteiger partial charge on any atom is 0.317 e. The topological polar surface area (TPSA) is 90.9 Å². The van der Waals surface area contributed by atoms with Gasteiger partial charge < -0.3 is 25.4 Å². The maximum absolute atomic E-state index is 12.3. The van der Waals surface area contributed by atoms with Gasteiger partial charge in [0.15, 0.2) is 0 Å². The number of nitrogens with one attached hydrogen (secondary N) is 2. The Morgan fingerprint density at radius 1 is 1.29 bits per heavy atom. The van der Waals surface area contributed by atoms with Gasteiger partial charge >= 0.3 is 12.0 Å². The fraction of sp³-hybridized carbons (Fsp3) is 0.857. The number of amides is 2. The van der Waals surface area contributed by atoms with E-state index in [4.69, 9.17) is 4.74 Å². The van der Waals surface area contributed by atoms with E-state index in [2.05, 4.69) is 10.6 Å². The third-order valence-electron chi connectivity index (χ3n) is 3.55. The van der Waals surface area contributed by atoms with Crippen LogP contribution in [-0.2, 0) is 9.53 Å². The molecule has 21 heavy (non-hydrogen) atoms. The van der Waals surface area contributed by atoms with Gasteiger partial charge in [0.1, 0.15) is 5.92 Å². The van der Waals surface area contributed by atoms with Gasteiger partial charge in [-0.05, 0) is 25.9 Å². The van der Waals surface area contributed by atoms with Gasteiger partial charge in [0, 0.05) is 13.1 Å². The van der Waals surface area contributed by atoms with Gasteiger partial charge in [-0.25, -0.2) is 4.79 Å². The first-order valence-corrected chi connectivity index (χ1v) is 7.67. The molecule has 7 nitrogen and oxygen atoms in total. The second-order valence-corrected chi connectivity index (χ2v) is 5.18. The van der Waals surface area contributed by atoms with Gasteiger partial charge in [-0.3, -0.25) is 4.79 Å². The molecule has 0 saturated carbocycles. The number of urea groups is 1. The van der Waals surface area contributed by atoms with Crippen LogP contribution in [0.1, 0.15) is 26.7 Å². The van der Waals surface area contributed by atoms with Crippen LogP contribution in [0, 0.1) is 5.92 Å². The van der Waals surface area contributed by atoms with Crippen molar-refractivity contribution in [3.63, 3.8) is 0 Å². The number of carbonyl (C=O) groups is 2. The molecule has 2 amide bonds. The van der Waals surface area contributed by atoms with Crippen molar-refractivity contribution in [1.82, 2.24) is 15.5 Å². The van der Waals surface area contributed by atoms with E-state index in [0.29, 0.717) is 19.7 Å². The van der Waals surface area contributed by atoms with E-state index < -0.39 is 11.9 Å². The standard InChI is InChI=1S/C14H27N3O4/c1-3-8-17(12-10-21-9-11(12)13(18)19)14(20)16-7-5-6-15-4-2/h11-12,15H,3-10H2,1-2H3,(H,16,20)(H,18,19). The highest BCUT2D eigenvalue weighted by Crippen LogP contribution is 2.20. The number of carboxylic acid groups (broad SMARTS) is 1. The summed E-state index contributed by atoms with van der Waals surface area (Å²) in [5.74, 6) is -1.54. The summed E-state index contributed by atoms with van der Waals surface area (Å²) in [6.07, 6.45) is 1.64.